The normalized spacial score (nSPS) is 15.0. The van der Waals surface area contributed by atoms with Crippen LogP contribution in [0.3, 0.4) is 0 Å². The number of nitrogens with zero attached hydrogens (tertiary/aromatic N) is 2. The summed E-state index contributed by atoms with van der Waals surface area (Å²) in [5.74, 6) is -0.593. The highest BCUT2D eigenvalue weighted by Gasteiger charge is 2.31. The molecule has 0 saturated heterocycles. The monoisotopic (exact) mass is 745 g/mol. The lowest BCUT2D eigenvalue weighted by molar-refractivity contribution is -0.946. The average molecular weight is 745 g/mol. The van der Waals surface area contributed by atoms with Crippen molar-refractivity contribution in [3.8, 4) is 0 Å². The van der Waals surface area contributed by atoms with Gasteiger partial charge in [0.25, 0.3) is 20.2 Å². The minimum Gasteiger partial charge on any atom is -0.391 e. The van der Waals surface area contributed by atoms with Gasteiger partial charge in [-0.1, -0.05) is 117 Å². The van der Waals surface area contributed by atoms with Crippen molar-refractivity contribution in [1.29, 1.82) is 0 Å². The van der Waals surface area contributed by atoms with Crippen LogP contribution >= 0.6 is 0 Å². The van der Waals surface area contributed by atoms with Gasteiger partial charge >= 0.3 is 0 Å². The fourth-order valence-electron chi connectivity index (χ4n) is 7.54. The van der Waals surface area contributed by atoms with E-state index in [0.29, 0.717) is 48.0 Å². The Bertz CT molecular complexity index is 891. The molecule has 0 spiro atoms. The molecule has 2 unspecified atom stereocenters. The number of aliphatic hydroxyl groups excluding tert-OH is 2. The van der Waals surface area contributed by atoms with Gasteiger partial charge in [0.15, 0.2) is 0 Å². The van der Waals surface area contributed by atoms with Crippen LogP contribution in [0.2, 0.25) is 0 Å². The van der Waals surface area contributed by atoms with Crippen LogP contribution in [0, 0.1) is 0 Å². The van der Waals surface area contributed by atoms with E-state index >= 15 is 0 Å². The van der Waals surface area contributed by atoms with Gasteiger partial charge in [0.1, 0.15) is 13.1 Å². The van der Waals surface area contributed by atoms with Gasteiger partial charge in [-0.15, -0.1) is 0 Å². The molecule has 0 amide bonds. The van der Waals surface area contributed by atoms with Crippen LogP contribution in [0.4, 0.5) is 0 Å². The number of hydrogen-bond donors (Lipinski definition) is 4. The van der Waals surface area contributed by atoms with E-state index in [2.05, 4.69) is 13.8 Å². The van der Waals surface area contributed by atoms with Crippen LogP contribution in [-0.4, -0.2) is 122 Å². The molecule has 2 atom stereocenters. The summed E-state index contributed by atoms with van der Waals surface area (Å²) in [6.45, 7) is 9.75. The highest BCUT2D eigenvalue weighted by Crippen LogP contribution is 2.20. The number of unbranched alkanes of at least 4 members (excludes halogenated alkanes) is 18. The van der Waals surface area contributed by atoms with Gasteiger partial charge in [-0.05, 0) is 25.7 Å². The maximum atomic E-state index is 11.6. The topological polar surface area (TPSA) is 149 Å². The predicted molar refractivity (Wildman–Crippen MR) is 204 cm³/mol. The second-order valence-corrected chi connectivity index (χ2v) is 18.1. The van der Waals surface area contributed by atoms with Gasteiger partial charge in [-0.25, -0.2) is 0 Å². The molecule has 0 aliphatic heterocycles. The summed E-state index contributed by atoms with van der Waals surface area (Å²) in [4.78, 5) is 0. The fraction of sp³-hybridized carbons (Fsp3) is 1.00. The van der Waals surface area contributed by atoms with Crippen molar-refractivity contribution in [2.24, 2.45) is 0 Å². The average Bonchev–Trinajstić information content (AvgIpc) is 3.02. The summed E-state index contributed by atoms with van der Waals surface area (Å²) in [5, 5.41) is 20.2. The smallest absolute Gasteiger partial charge is 0.265 e. The van der Waals surface area contributed by atoms with Crippen molar-refractivity contribution in [2.45, 2.75) is 162 Å². The van der Waals surface area contributed by atoms with Crippen molar-refractivity contribution in [3.63, 3.8) is 0 Å². The van der Waals surface area contributed by atoms with Crippen molar-refractivity contribution in [2.75, 3.05) is 77.1 Å². The van der Waals surface area contributed by atoms with E-state index in [-0.39, 0.29) is 24.7 Å². The molecule has 4 N–H and O–H groups in total. The molecule has 0 heterocycles. The molecule has 0 aromatic heterocycles. The molecule has 0 aromatic carbocycles. The number of quaternary nitrogens is 2. The zero-order valence-corrected chi connectivity index (χ0v) is 33.5. The molecule has 0 bridgehead atoms. The molecular weight excluding hydrogens is 665 g/mol. The number of aliphatic hydroxyl groups is 2. The molecule has 0 saturated carbocycles. The molecule has 296 valence electrons. The van der Waals surface area contributed by atoms with Crippen LogP contribution in [0.1, 0.15) is 162 Å². The van der Waals surface area contributed by atoms with Crippen molar-refractivity contribution >= 4 is 20.2 Å². The van der Waals surface area contributed by atoms with Crippen LogP contribution < -0.4 is 0 Å². The van der Waals surface area contributed by atoms with Gasteiger partial charge in [0.2, 0.25) is 0 Å². The summed E-state index contributed by atoms with van der Waals surface area (Å²) >= 11 is 0. The molecule has 0 rings (SSSR count). The van der Waals surface area contributed by atoms with Gasteiger partial charge < -0.3 is 19.2 Å². The first-order valence-corrected chi connectivity index (χ1v) is 23.4. The van der Waals surface area contributed by atoms with E-state index in [9.17, 15) is 36.2 Å². The summed E-state index contributed by atoms with van der Waals surface area (Å²) in [7, 11) is -8.15. The second kappa shape index (κ2) is 30.2. The van der Waals surface area contributed by atoms with Crippen LogP contribution in [-0.2, 0) is 20.2 Å². The van der Waals surface area contributed by atoms with Crippen LogP contribution in [0.5, 0.6) is 0 Å². The van der Waals surface area contributed by atoms with E-state index in [0.717, 1.165) is 58.3 Å². The Kier molecular flexibility index (Phi) is 29.9. The summed E-state index contributed by atoms with van der Waals surface area (Å²) in [5.41, 5.74) is 0. The summed E-state index contributed by atoms with van der Waals surface area (Å²) < 4.78 is 66.2. The second-order valence-electron chi connectivity index (χ2n) is 14.9. The molecule has 0 fully saturated rings. The minimum absolute atomic E-state index is 0.00671. The number of rotatable bonds is 38. The third-order valence-corrected chi connectivity index (χ3v) is 12.1. The molecule has 0 aliphatic carbocycles. The van der Waals surface area contributed by atoms with Crippen molar-refractivity contribution < 1.29 is 45.1 Å². The van der Waals surface area contributed by atoms with Crippen LogP contribution in [0.25, 0.3) is 0 Å². The van der Waals surface area contributed by atoms with E-state index < -0.39 is 20.2 Å². The predicted octanol–water partition coefficient (Wildman–Crippen LogP) is 7.39. The zero-order chi connectivity index (χ0) is 36.7. The van der Waals surface area contributed by atoms with Crippen molar-refractivity contribution in [1.82, 2.24) is 0 Å². The van der Waals surface area contributed by atoms with Gasteiger partial charge in [0.05, 0.1) is 64.0 Å². The molecular formula is C37H80N2O8S2+2. The highest BCUT2D eigenvalue weighted by molar-refractivity contribution is 7.86. The molecule has 12 heteroatoms. The lowest BCUT2D eigenvalue weighted by atomic mass is 10.1. The van der Waals surface area contributed by atoms with Crippen LogP contribution in [0.15, 0.2) is 0 Å². The Labute approximate surface area is 303 Å². The first-order chi connectivity index (χ1) is 23.4. The fourth-order valence-corrected chi connectivity index (χ4v) is 8.53. The molecule has 49 heavy (non-hydrogen) atoms. The quantitative estimate of drug-likeness (QED) is 0.0291. The summed E-state index contributed by atoms with van der Waals surface area (Å²) in [6.07, 6.45) is 25.9. The Balaban J connectivity index is 5.41. The van der Waals surface area contributed by atoms with E-state index in [1.54, 1.807) is 0 Å². The minimum atomic E-state index is -4.08. The third kappa shape index (κ3) is 29.9. The Morgan fingerprint density at radius 2 is 0.592 bits per heavy atom. The number of hydrogen-bond acceptors (Lipinski definition) is 6. The summed E-state index contributed by atoms with van der Waals surface area (Å²) in [6, 6.07) is 0. The van der Waals surface area contributed by atoms with E-state index in [1.807, 2.05) is 0 Å². The van der Waals surface area contributed by atoms with Crippen molar-refractivity contribution in [3.05, 3.63) is 0 Å². The lowest BCUT2D eigenvalue weighted by Gasteiger charge is -2.42. The molecule has 0 radical (unpaired) electrons. The SMILES string of the molecule is CCCCCCCCCCCC[N+](CCO)(CCC[N+](CCO)(CCCCCCCCCCCC)CCCS(=O)(=O)O)CCCS(=O)(=O)O. The Hall–Kier alpha value is -0.340. The maximum Gasteiger partial charge on any atom is 0.265 e. The van der Waals surface area contributed by atoms with Gasteiger partial charge in [-0.2, -0.15) is 16.8 Å². The largest absolute Gasteiger partial charge is 0.391 e. The van der Waals surface area contributed by atoms with E-state index in [1.165, 1.54) is 103 Å². The first-order valence-electron chi connectivity index (χ1n) is 20.2. The Morgan fingerprint density at radius 1 is 0.347 bits per heavy atom. The van der Waals surface area contributed by atoms with Gasteiger partial charge in [0, 0.05) is 19.3 Å². The molecule has 0 aliphatic rings. The lowest BCUT2D eigenvalue weighted by Crippen LogP contribution is -2.56. The highest BCUT2D eigenvalue weighted by atomic mass is 32.2. The van der Waals surface area contributed by atoms with E-state index in [4.69, 9.17) is 0 Å². The standard InChI is InChI=1S/C37H78N2O8S2/c1-3-5-7-9-11-13-15-17-19-21-26-38(32-34-40,30-24-36-48(42,43)44)28-23-29-39(33-35-41,31-25-37-49(45,46)47)27-22-20-18-16-14-12-10-8-6-4-2/h40-41H,3-37H2,1-2H3/p+2. The molecule has 0 aromatic rings. The van der Waals surface area contributed by atoms with Gasteiger partial charge in [-0.3, -0.25) is 9.11 Å². The Morgan fingerprint density at radius 3 is 0.857 bits per heavy atom. The third-order valence-electron chi connectivity index (χ3n) is 10.5. The molecule has 10 nitrogen and oxygen atoms in total. The first kappa shape index (κ1) is 48.7. The zero-order valence-electron chi connectivity index (χ0n) is 31.9. The maximum absolute atomic E-state index is 11.6.